The smallest absolute Gasteiger partial charge is 0.342 e. The number of hydrogen-bond donors (Lipinski definition) is 1. The summed E-state index contributed by atoms with van der Waals surface area (Å²) >= 11 is 0. The molecule has 0 saturated carbocycles. The SMILES string of the molecule is O=C(COC(=O)c1ccccc1OCc1ccc(F)cc1)Nc1ccccc1. The Morgan fingerprint density at radius 1 is 0.857 bits per heavy atom. The molecule has 0 bridgehead atoms. The topological polar surface area (TPSA) is 64.6 Å². The van der Waals surface area contributed by atoms with Crippen LogP contribution in [0, 0.1) is 5.82 Å². The fourth-order valence-electron chi connectivity index (χ4n) is 2.43. The van der Waals surface area contributed by atoms with Gasteiger partial charge in [-0.15, -0.1) is 0 Å². The summed E-state index contributed by atoms with van der Waals surface area (Å²) in [6.07, 6.45) is 0. The predicted octanol–water partition coefficient (Wildman–Crippen LogP) is 4.20. The first kappa shape index (κ1) is 19.1. The van der Waals surface area contributed by atoms with Gasteiger partial charge in [0, 0.05) is 5.69 Å². The van der Waals surface area contributed by atoms with Crippen molar-refractivity contribution < 1.29 is 23.5 Å². The largest absolute Gasteiger partial charge is 0.488 e. The molecule has 0 aromatic heterocycles. The summed E-state index contributed by atoms with van der Waals surface area (Å²) in [5, 5.41) is 2.64. The Balaban J connectivity index is 1.57. The number of anilines is 1. The molecule has 0 spiro atoms. The molecule has 0 aliphatic heterocycles. The van der Waals surface area contributed by atoms with E-state index in [2.05, 4.69) is 5.32 Å². The summed E-state index contributed by atoms with van der Waals surface area (Å²) in [6, 6.07) is 21.3. The van der Waals surface area contributed by atoms with Gasteiger partial charge in [0.25, 0.3) is 5.91 Å². The second-order valence-corrected chi connectivity index (χ2v) is 5.90. The molecular weight excluding hydrogens is 361 g/mol. The molecule has 1 amide bonds. The second kappa shape index (κ2) is 9.32. The average molecular weight is 379 g/mol. The van der Waals surface area contributed by atoms with E-state index in [1.807, 2.05) is 6.07 Å². The third-order valence-corrected chi connectivity index (χ3v) is 3.81. The normalized spacial score (nSPS) is 10.2. The van der Waals surface area contributed by atoms with Gasteiger partial charge in [-0.2, -0.15) is 0 Å². The van der Waals surface area contributed by atoms with E-state index in [1.165, 1.54) is 12.1 Å². The van der Waals surface area contributed by atoms with Gasteiger partial charge in [0.05, 0.1) is 0 Å². The molecule has 0 aliphatic carbocycles. The number of ether oxygens (including phenoxy) is 2. The Labute approximate surface area is 161 Å². The fraction of sp³-hybridized carbons (Fsp3) is 0.0909. The van der Waals surface area contributed by atoms with Gasteiger partial charge in [-0.1, -0.05) is 42.5 Å². The highest BCUT2D eigenvalue weighted by atomic mass is 19.1. The van der Waals surface area contributed by atoms with E-state index >= 15 is 0 Å². The molecule has 6 heteroatoms. The lowest BCUT2D eigenvalue weighted by molar-refractivity contribution is -0.119. The van der Waals surface area contributed by atoms with E-state index in [4.69, 9.17) is 9.47 Å². The Hall–Kier alpha value is -3.67. The summed E-state index contributed by atoms with van der Waals surface area (Å²) in [5.74, 6) is -1.12. The van der Waals surface area contributed by atoms with Crippen LogP contribution in [0.1, 0.15) is 15.9 Å². The van der Waals surface area contributed by atoms with Crippen LogP contribution in [-0.2, 0) is 16.1 Å². The maximum atomic E-state index is 13.0. The first-order valence-electron chi connectivity index (χ1n) is 8.60. The van der Waals surface area contributed by atoms with Crippen molar-refractivity contribution in [1.29, 1.82) is 0 Å². The number of rotatable bonds is 7. The van der Waals surface area contributed by atoms with Gasteiger partial charge in [0.1, 0.15) is 23.7 Å². The monoisotopic (exact) mass is 379 g/mol. The summed E-state index contributed by atoms with van der Waals surface area (Å²) in [5.41, 5.74) is 1.58. The van der Waals surface area contributed by atoms with Crippen molar-refractivity contribution in [3.8, 4) is 5.75 Å². The van der Waals surface area contributed by atoms with Crippen LogP contribution in [0.25, 0.3) is 0 Å². The van der Waals surface area contributed by atoms with Gasteiger partial charge >= 0.3 is 5.97 Å². The van der Waals surface area contributed by atoms with Crippen molar-refractivity contribution >= 4 is 17.6 Å². The predicted molar refractivity (Wildman–Crippen MR) is 103 cm³/mol. The van der Waals surface area contributed by atoms with E-state index < -0.39 is 18.5 Å². The molecule has 3 aromatic carbocycles. The molecule has 0 saturated heterocycles. The highest BCUT2D eigenvalue weighted by Gasteiger charge is 2.15. The molecule has 3 rings (SSSR count). The molecule has 28 heavy (non-hydrogen) atoms. The number of esters is 1. The zero-order valence-electron chi connectivity index (χ0n) is 14.9. The van der Waals surface area contributed by atoms with E-state index in [9.17, 15) is 14.0 Å². The van der Waals surface area contributed by atoms with Gasteiger partial charge in [0.2, 0.25) is 0 Å². The van der Waals surface area contributed by atoms with E-state index in [-0.39, 0.29) is 18.0 Å². The molecule has 3 aromatic rings. The highest BCUT2D eigenvalue weighted by Crippen LogP contribution is 2.20. The highest BCUT2D eigenvalue weighted by molar-refractivity contribution is 5.96. The van der Waals surface area contributed by atoms with Crippen molar-refractivity contribution in [3.63, 3.8) is 0 Å². The number of carbonyl (C=O) groups excluding carboxylic acids is 2. The van der Waals surface area contributed by atoms with Crippen molar-refractivity contribution in [3.05, 3.63) is 95.8 Å². The van der Waals surface area contributed by atoms with Crippen molar-refractivity contribution in [2.75, 3.05) is 11.9 Å². The Bertz CT molecular complexity index is 942. The minimum absolute atomic E-state index is 0.166. The molecule has 0 fully saturated rings. The molecular formula is C22H18FNO4. The zero-order chi connectivity index (χ0) is 19.8. The quantitative estimate of drug-likeness (QED) is 0.625. The molecule has 0 radical (unpaired) electrons. The fourth-order valence-corrected chi connectivity index (χ4v) is 2.43. The summed E-state index contributed by atoms with van der Waals surface area (Å²) in [4.78, 5) is 24.3. The first-order chi connectivity index (χ1) is 13.6. The van der Waals surface area contributed by atoms with Crippen molar-refractivity contribution in [1.82, 2.24) is 0 Å². The molecule has 5 nitrogen and oxygen atoms in total. The zero-order valence-corrected chi connectivity index (χ0v) is 14.9. The maximum Gasteiger partial charge on any atom is 0.342 e. The van der Waals surface area contributed by atoms with Crippen LogP contribution < -0.4 is 10.1 Å². The second-order valence-electron chi connectivity index (χ2n) is 5.90. The average Bonchev–Trinajstić information content (AvgIpc) is 2.72. The number of hydrogen-bond acceptors (Lipinski definition) is 4. The van der Waals surface area contributed by atoms with E-state index in [1.54, 1.807) is 60.7 Å². The lowest BCUT2D eigenvalue weighted by atomic mass is 10.2. The lowest BCUT2D eigenvalue weighted by Crippen LogP contribution is -2.21. The first-order valence-corrected chi connectivity index (χ1v) is 8.60. The lowest BCUT2D eigenvalue weighted by Gasteiger charge is -2.11. The summed E-state index contributed by atoms with van der Waals surface area (Å²) in [6.45, 7) is -0.251. The number of para-hydroxylation sites is 2. The molecule has 0 atom stereocenters. The minimum atomic E-state index is -0.669. The summed E-state index contributed by atoms with van der Waals surface area (Å²) in [7, 11) is 0. The number of halogens is 1. The minimum Gasteiger partial charge on any atom is -0.488 e. The molecule has 0 unspecified atom stereocenters. The summed E-state index contributed by atoms with van der Waals surface area (Å²) < 4.78 is 23.7. The van der Waals surface area contributed by atoms with Crippen LogP contribution in [-0.4, -0.2) is 18.5 Å². The number of nitrogens with one attached hydrogen (secondary N) is 1. The number of carbonyl (C=O) groups is 2. The molecule has 1 N–H and O–H groups in total. The van der Waals surface area contributed by atoms with Crippen LogP contribution in [0.5, 0.6) is 5.75 Å². The van der Waals surface area contributed by atoms with Crippen LogP contribution in [0.4, 0.5) is 10.1 Å². The van der Waals surface area contributed by atoms with Gasteiger partial charge < -0.3 is 14.8 Å². The van der Waals surface area contributed by atoms with Crippen LogP contribution in [0.3, 0.4) is 0 Å². The van der Waals surface area contributed by atoms with E-state index in [0.29, 0.717) is 11.4 Å². The number of benzene rings is 3. The third kappa shape index (κ3) is 5.41. The van der Waals surface area contributed by atoms with Crippen LogP contribution in [0.2, 0.25) is 0 Å². The van der Waals surface area contributed by atoms with Crippen LogP contribution in [0.15, 0.2) is 78.9 Å². The molecule has 142 valence electrons. The molecule has 0 heterocycles. The van der Waals surface area contributed by atoms with Gasteiger partial charge in [-0.3, -0.25) is 4.79 Å². The standard InChI is InChI=1S/C22H18FNO4/c23-17-12-10-16(11-13-17)14-27-20-9-5-4-8-19(20)22(26)28-15-21(25)24-18-6-2-1-3-7-18/h1-13H,14-15H2,(H,24,25). The molecule has 0 aliphatic rings. The third-order valence-electron chi connectivity index (χ3n) is 3.81. The van der Waals surface area contributed by atoms with Gasteiger partial charge in [0.15, 0.2) is 6.61 Å². The Morgan fingerprint density at radius 2 is 1.54 bits per heavy atom. The van der Waals surface area contributed by atoms with E-state index in [0.717, 1.165) is 5.56 Å². The number of amides is 1. The van der Waals surface area contributed by atoms with Crippen molar-refractivity contribution in [2.24, 2.45) is 0 Å². The van der Waals surface area contributed by atoms with Crippen LogP contribution >= 0.6 is 0 Å². The van der Waals surface area contributed by atoms with Crippen molar-refractivity contribution in [2.45, 2.75) is 6.61 Å². The van der Waals surface area contributed by atoms with Gasteiger partial charge in [-0.05, 0) is 42.0 Å². The Kier molecular flexibility index (Phi) is 6.36. The maximum absolute atomic E-state index is 13.0. The van der Waals surface area contributed by atoms with Gasteiger partial charge in [-0.25, -0.2) is 9.18 Å². The Morgan fingerprint density at radius 3 is 2.29 bits per heavy atom.